The maximum absolute atomic E-state index is 5.86. The normalized spacial score (nSPS) is 20.2. The first kappa shape index (κ1) is 9.78. The third-order valence-electron chi connectivity index (χ3n) is 0.771. The summed E-state index contributed by atoms with van der Waals surface area (Å²) in [5.41, 5.74) is -1.90. The second-order valence-electron chi connectivity index (χ2n) is 1.78. The highest BCUT2D eigenvalue weighted by Gasteiger charge is 2.44. The summed E-state index contributed by atoms with van der Waals surface area (Å²) in [6.45, 7) is 3.71. The Kier molecular flexibility index (Phi) is 3.43. The molecule has 0 aliphatic rings. The van der Waals surface area contributed by atoms with E-state index in [0.717, 1.165) is 0 Å². The summed E-state index contributed by atoms with van der Waals surface area (Å²) in [4.78, 5) is 0. The van der Waals surface area contributed by atoms with Gasteiger partial charge in [-0.1, -0.05) is 0 Å². The van der Waals surface area contributed by atoms with E-state index < -0.39 is 11.7 Å². The molecule has 0 aromatic heterocycles. The molecule has 0 aromatic carbocycles. The topological polar surface area (TPSA) is 0 Å². The van der Waals surface area contributed by atoms with Crippen LogP contribution in [0.2, 0.25) is 13.1 Å². The predicted molar refractivity (Wildman–Crippen MR) is 49.7 cm³/mol. The molecule has 0 aliphatic carbocycles. The van der Waals surface area contributed by atoms with Crippen molar-refractivity contribution in [2.45, 2.75) is 13.1 Å². The van der Waals surface area contributed by atoms with Gasteiger partial charge >= 0.3 is 0 Å². The van der Waals surface area contributed by atoms with E-state index in [9.17, 15) is 0 Å². The summed E-state index contributed by atoms with van der Waals surface area (Å²) in [6, 6.07) is 0. The highest BCUT2D eigenvalue weighted by Crippen LogP contribution is 2.34. The monoisotopic (exact) mass is 270 g/mol. The zero-order valence-corrected chi connectivity index (χ0v) is 10.4. The van der Waals surface area contributed by atoms with Crippen LogP contribution >= 0.6 is 48.5 Å². The van der Waals surface area contributed by atoms with Gasteiger partial charge in [0.05, 0.1) is 0 Å². The Hall–Kier alpha value is 1.78. The van der Waals surface area contributed by atoms with Crippen LogP contribution < -0.4 is 0 Å². The lowest BCUT2D eigenvalue weighted by molar-refractivity contribution is 2.21. The Morgan fingerprint density at radius 3 is 1.25 bits per heavy atom. The van der Waals surface area contributed by atoms with Crippen molar-refractivity contribution in [3.8, 4) is 0 Å². The first-order valence-corrected chi connectivity index (χ1v) is 13.3. The molecule has 0 radical (unpaired) electrons. The highest BCUT2D eigenvalue weighted by atomic mass is 79.9. The van der Waals surface area contributed by atoms with Gasteiger partial charge in [0, 0.05) is 0 Å². The number of halogens is 4. The second-order valence-corrected chi connectivity index (χ2v) is 29.9. The number of hydrogen-bond acceptors (Lipinski definition) is 0. The van der Waals surface area contributed by atoms with E-state index in [1.165, 1.54) is 0 Å². The molecule has 0 nitrogen and oxygen atoms in total. The van der Waals surface area contributed by atoms with E-state index in [1.54, 1.807) is 0 Å². The van der Waals surface area contributed by atoms with Gasteiger partial charge < -0.3 is 0 Å². The fraction of sp³-hybridized carbons (Fsp3) is 1.00. The molecule has 0 rings (SSSR count). The molecule has 0 aromatic rings. The molecule has 0 saturated heterocycles. The van der Waals surface area contributed by atoms with Crippen LogP contribution in [0, 0.1) is 0 Å². The molecule has 1 atom stereocenters. The van der Waals surface area contributed by atoms with Crippen molar-refractivity contribution in [3.63, 3.8) is 0 Å². The quantitative estimate of drug-likeness (QED) is 0.507. The first-order valence-electron chi connectivity index (χ1n) is 2.01. The van der Waals surface area contributed by atoms with Crippen molar-refractivity contribution in [2.75, 3.05) is 0 Å². The van der Waals surface area contributed by atoms with Crippen LogP contribution in [0.1, 0.15) is 0 Å². The molecule has 50 valence electrons. The minimum Gasteiger partial charge on any atom is -0.153 e. The fourth-order valence-electron chi connectivity index (χ4n) is 0. The van der Waals surface area contributed by atoms with Crippen LogP contribution in [0.25, 0.3) is 0 Å². The molecular formula is C2H6BrCl3Si2. The third-order valence-corrected chi connectivity index (χ3v) is 30.1. The molecule has 0 N–H and O–H groups in total. The molecule has 0 bridgehead atoms. The van der Waals surface area contributed by atoms with Gasteiger partial charge in [-0.25, -0.2) is 0 Å². The van der Waals surface area contributed by atoms with Gasteiger partial charge in [0.15, 0.2) is 0 Å². The summed E-state index contributed by atoms with van der Waals surface area (Å²) in [5.74, 6) is 0. The summed E-state index contributed by atoms with van der Waals surface area (Å²) in [5, 5.41) is 0. The van der Waals surface area contributed by atoms with Crippen LogP contribution in [0.15, 0.2) is 0 Å². The van der Waals surface area contributed by atoms with Crippen molar-refractivity contribution in [2.24, 2.45) is 0 Å². The van der Waals surface area contributed by atoms with Crippen molar-refractivity contribution < 1.29 is 0 Å². The zero-order valence-electron chi connectivity index (χ0n) is 4.51. The van der Waals surface area contributed by atoms with E-state index in [0.29, 0.717) is 0 Å². The van der Waals surface area contributed by atoms with Crippen LogP contribution in [0.3, 0.4) is 0 Å². The highest BCUT2D eigenvalue weighted by molar-refractivity contribution is 9.29. The van der Waals surface area contributed by atoms with Crippen molar-refractivity contribution in [3.05, 3.63) is 0 Å². The molecule has 6 heteroatoms. The minimum absolute atomic E-state index is 1.82. The summed E-state index contributed by atoms with van der Waals surface area (Å²) < 4.78 is 0. The smallest absolute Gasteiger partial charge is 0.153 e. The van der Waals surface area contributed by atoms with Gasteiger partial charge in [-0.05, 0) is 13.1 Å². The molecule has 0 saturated carbocycles. The molecule has 8 heavy (non-hydrogen) atoms. The average Bonchev–Trinajstić information content (AvgIpc) is 1.25. The maximum atomic E-state index is 5.86. The van der Waals surface area contributed by atoms with Crippen LogP contribution in [-0.4, -0.2) is 11.7 Å². The Morgan fingerprint density at radius 1 is 1.12 bits per heavy atom. The first-order chi connectivity index (χ1) is 3.25. The Labute approximate surface area is 73.0 Å². The Balaban J connectivity index is 4.02. The van der Waals surface area contributed by atoms with E-state index in [4.69, 9.17) is 33.2 Å². The van der Waals surface area contributed by atoms with E-state index in [-0.39, 0.29) is 0 Å². The largest absolute Gasteiger partial charge is 0.265 e. The van der Waals surface area contributed by atoms with Gasteiger partial charge in [-0.15, -0.1) is 37.5 Å². The van der Waals surface area contributed by atoms with Crippen LogP contribution in [0.5, 0.6) is 0 Å². The van der Waals surface area contributed by atoms with Crippen molar-refractivity contribution >= 4 is 60.3 Å². The Bertz CT molecular complexity index is 70.3. The van der Waals surface area contributed by atoms with Crippen LogP contribution in [-0.2, 0) is 0 Å². The lowest BCUT2D eigenvalue weighted by atomic mass is 11.9. The number of rotatable bonds is 1. The van der Waals surface area contributed by atoms with Crippen molar-refractivity contribution in [1.82, 2.24) is 0 Å². The average molecular weight is 273 g/mol. The summed E-state index contributed by atoms with van der Waals surface area (Å²) in [6.07, 6.45) is -2.09. The summed E-state index contributed by atoms with van der Waals surface area (Å²) in [7, 11) is 0. The molecule has 0 aliphatic heterocycles. The Morgan fingerprint density at radius 2 is 1.25 bits per heavy atom. The fourth-order valence-corrected chi connectivity index (χ4v) is 0. The third kappa shape index (κ3) is 3.08. The van der Waals surface area contributed by atoms with Gasteiger partial charge in [0.25, 0.3) is 6.21 Å². The second kappa shape index (κ2) is 2.80. The van der Waals surface area contributed by atoms with Gasteiger partial charge in [0.1, 0.15) is 0 Å². The molecular weight excluding hydrogens is 266 g/mol. The lowest BCUT2D eigenvalue weighted by Crippen LogP contribution is -2.40. The molecule has 0 spiro atoms. The SMILES string of the molecule is C[Si](Cl)(Cl)[Si](C)(Cl)Br. The maximum Gasteiger partial charge on any atom is 0.265 e. The molecule has 1 unspecified atom stereocenters. The lowest BCUT2D eigenvalue weighted by Gasteiger charge is -2.19. The standard InChI is InChI=1S/C2H6BrCl3Si2/c1-7(3,4)8(2,5)6/h1-2H3. The van der Waals surface area contributed by atoms with E-state index >= 15 is 0 Å². The number of hydrogen-bond donors (Lipinski definition) is 0. The van der Waals surface area contributed by atoms with Gasteiger partial charge in [0.2, 0.25) is 5.52 Å². The summed E-state index contributed by atoms with van der Waals surface area (Å²) >= 11 is 20.8. The minimum atomic E-state index is -2.09. The zero-order chi connectivity index (χ0) is 7.00. The van der Waals surface area contributed by atoms with Gasteiger partial charge in [-0.2, -0.15) is 11.1 Å². The molecule has 0 fully saturated rings. The molecule has 0 amide bonds. The van der Waals surface area contributed by atoms with E-state index in [2.05, 4.69) is 15.3 Å². The van der Waals surface area contributed by atoms with Crippen LogP contribution in [0.4, 0.5) is 0 Å². The van der Waals surface area contributed by atoms with Gasteiger partial charge in [-0.3, -0.25) is 0 Å². The molecule has 0 heterocycles. The van der Waals surface area contributed by atoms with Crippen molar-refractivity contribution in [1.29, 1.82) is 0 Å². The predicted octanol–water partition coefficient (Wildman–Crippen LogP) is 3.32. The van der Waals surface area contributed by atoms with E-state index in [1.807, 2.05) is 13.1 Å².